The van der Waals surface area contributed by atoms with Gasteiger partial charge in [0.25, 0.3) is 0 Å². The predicted molar refractivity (Wildman–Crippen MR) is 108 cm³/mol. The summed E-state index contributed by atoms with van der Waals surface area (Å²) in [6.07, 6.45) is 4.79. The van der Waals surface area contributed by atoms with Gasteiger partial charge in [0, 0.05) is 31.7 Å². The zero-order valence-corrected chi connectivity index (χ0v) is 16.5. The number of likely N-dealkylation sites (tertiary alicyclic amines) is 1. The second-order valence-corrected chi connectivity index (χ2v) is 5.67. The van der Waals surface area contributed by atoms with Crippen LogP contribution in [0.3, 0.4) is 0 Å². The van der Waals surface area contributed by atoms with Gasteiger partial charge in [-0.3, -0.25) is 9.79 Å². The molecule has 24 heavy (non-hydrogen) atoms. The number of nitrogens with one attached hydrogen (secondary N) is 1. The summed E-state index contributed by atoms with van der Waals surface area (Å²) in [4.78, 5) is 18.1. The van der Waals surface area contributed by atoms with E-state index in [-0.39, 0.29) is 29.9 Å². The molecule has 3 N–H and O–H groups in total. The third-order valence-electron chi connectivity index (χ3n) is 3.90. The summed E-state index contributed by atoms with van der Waals surface area (Å²) in [5.74, 6) is 1.46. The maximum absolute atomic E-state index is 11.9. The van der Waals surface area contributed by atoms with E-state index in [9.17, 15) is 4.79 Å². The number of carbonyl (C=O) groups is 1. The fourth-order valence-electron chi connectivity index (χ4n) is 2.60. The average molecular weight is 446 g/mol. The summed E-state index contributed by atoms with van der Waals surface area (Å²) in [7, 11) is 1.63. The number of benzene rings is 1. The molecule has 134 valence electrons. The number of ether oxygens (including phenoxy) is 1. The van der Waals surface area contributed by atoms with E-state index in [1.807, 2.05) is 29.2 Å². The highest BCUT2D eigenvalue weighted by Gasteiger charge is 2.15. The van der Waals surface area contributed by atoms with Crippen molar-refractivity contribution < 1.29 is 9.53 Å². The van der Waals surface area contributed by atoms with Crippen LogP contribution in [0.1, 0.15) is 32.1 Å². The lowest BCUT2D eigenvalue weighted by atomic mass is 10.2. The number of methoxy groups -OCH3 is 1. The Kier molecular flexibility index (Phi) is 9.51. The summed E-state index contributed by atoms with van der Waals surface area (Å²) in [6.45, 7) is 2.25. The molecule has 1 aromatic carbocycles. The number of aliphatic imine (C=N–C) groups is 1. The monoisotopic (exact) mass is 446 g/mol. The molecule has 0 aromatic heterocycles. The van der Waals surface area contributed by atoms with Gasteiger partial charge in [-0.1, -0.05) is 6.42 Å². The zero-order valence-electron chi connectivity index (χ0n) is 14.2. The number of nitrogens with two attached hydrogens (primary N) is 1. The molecule has 1 fully saturated rings. The van der Waals surface area contributed by atoms with Crippen molar-refractivity contribution in [1.82, 2.24) is 4.90 Å². The van der Waals surface area contributed by atoms with Crippen molar-refractivity contribution in [2.24, 2.45) is 10.7 Å². The van der Waals surface area contributed by atoms with E-state index in [2.05, 4.69) is 10.3 Å². The largest absolute Gasteiger partial charge is 0.497 e. The molecule has 0 unspecified atom stereocenters. The van der Waals surface area contributed by atoms with Crippen LogP contribution >= 0.6 is 24.0 Å². The van der Waals surface area contributed by atoms with Crippen LogP contribution in [0.4, 0.5) is 5.69 Å². The van der Waals surface area contributed by atoms with Crippen LogP contribution < -0.4 is 15.8 Å². The standard InChI is InChI=1S/C17H26N4O2.HI/c1-23-15-9-7-14(8-10-15)20-17(18)19-11-5-13-21-12-4-2-3-6-16(21)22;/h7-10H,2-6,11-13H2,1H3,(H3,18,19,20);1H. The first-order chi connectivity index (χ1) is 11.2. The van der Waals surface area contributed by atoms with Gasteiger partial charge in [0.05, 0.1) is 7.11 Å². The Hall–Kier alpha value is -1.51. The smallest absolute Gasteiger partial charge is 0.222 e. The summed E-state index contributed by atoms with van der Waals surface area (Å²) in [6, 6.07) is 7.50. The van der Waals surface area contributed by atoms with Crippen molar-refractivity contribution in [1.29, 1.82) is 0 Å². The van der Waals surface area contributed by atoms with Crippen molar-refractivity contribution in [2.75, 3.05) is 32.1 Å². The minimum atomic E-state index is 0. The first-order valence-corrected chi connectivity index (χ1v) is 8.18. The first-order valence-electron chi connectivity index (χ1n) is 8.18. The molecular formula is C17H27IN4O2. The molecule has 0 bridgehead atoms. The molecular weight excluding hydrogens is 419 g/mol. The molecule has 1 saturated heterocycles. The molecule has 6 nitrogen and oxygen atoms in total. The molecule has 7 heteroatoms. The van der Waals surface area contributed by atoms with E-state index in [1.54, 1.807) is 7.11 Å². The molecule has 1 amide bonds. The van der Waals surface area contributed by atoms with Crippen LogP contribution in [0.5, 0.6) is 5.75 Å². The number of halogens is 1. The van der Waals surface area contributed by atoms with E-state index in [1.165, 1.54) is 0 Å². The molecule has 0 saturated carbocycles. The average Bonchev–Trinajstić information content (AvgIpc) is 2.77. The number of carbonyl (C=O) groups excluding carboxylic acids is 1. The molecule has 1 aliphatic heterocycles. The highest BCUT2D eigenvalue weighted by molar-refractivity contribution is 14.0. The minimum Gasteiger partial charge on any atom is -0.497 e. The number of anilines is 1. The van der Waals surface area contributed by atoms with Crippen LogP contribution in [-0.2, 0) is 4.79 Å². The predicted octanol–water partition coefficient (Wildman–Crippen LogP) is 2.83. The lowest BCUT2D eigenvalue weighted by Gasteiger charge is -2.19. The topological polar surface area (TPSA) is 80.0 Å². The maximum Gasteiger partial charge on any atom is 0.222 e. The Morgan fingerprint density at radius 1 is 1.29 bits per heavy atom. The van der Waals surface area contributed by atoms with Crippen LogP contribution in [-0.4, -0.2) is 43.5 Å². The van der Waals surface area contributed by atoms with Gasteiger partial charge in [0.15, 0.2) is 5.96 Å². The summed E-state index contributed by atoms with van der Waals surface area (Å²) >= 11 is 0. The summed E-state index contributed by atoms with van der Waals surface area (Å²) in [5.41, 5.74) is 6.75. The van der Waals surface area contributed by atoms with Crippen LogP contribution in [0.25, 0.3) is 0 Å². The van der Waals surface area contributed by atoms with Crippen molar-refractivity contribution in [3.63, 3.8) is 0 Å². The molecule has 0 radical (unpaired) electrons. The Bertz CT molecular complexity index is 534. The number of amides is 1. The van der Waals surface area contributed by atoms with E-state index in [0.717, 1.165) is 50.2 Å². The molecule has 2 rings (SSSR count). The van der Waals surface area contributed by atoms with E-state index < -0.39 is 0 Å². The maximum atomic E-state index is 11.9. The van der Waals surface area contributed by atoms with Gasteiger partial charge in [-0.25, -0.2) is 0 Å². The lowest BCUT2D eigenvalue weighted by Crippen LogP contribution is -2.31. The van der Waals surface area contributed by atoms with Crippen LogP contribution in [0, 0.1) is 0 Å². The number of rotatable bonds is 6. The quantitative estimate of drug-likeness (QED) is 0.305. The summed E-state index contributed by atoms with van der Waals surface area (Å²) in [5, 5.41) is 3.04. The Balaban J connectivity index is 0.00000288. The van der Waals surface area contributed by atoms with Gasteiger partial charge in [-0.2, -0.15) is 0 Å². The minimum absolute atomic E-state index is 0. The second kappa shape index (κ2) is 11.1. The van der Waals surface area contributed by atoms with Crippen LogP contribution in [0.2, 0.25) is 0 Å². The van der Waals surface area contributed by atoms with E-state index >= 15 is 0 Å². The van der Waals surface area contributed by atoms with Crippen molar-refractivity contribution in [3.05, 3.63) is 24.3 Å². The number of hydrogen-bond donors (Lipinski definition) is 2. The van der Waals surface area contributed by atoms with Crippen molar-refractivity contribution in [2.45, 2.75) is 32.1 Å². The van der Waals surface area contributed by atoms with Gasteiger partial charge >= 0.3 is 0 Å². The second-order valence-electron chi connectivity index (χ2n) is 5.67. The summed E-state index contributed by atoms with van der Waals surface area (Å²) < 4.78 is 5.11. The van der Waals surface area contributed by atoms with Gasteiger partial charge in [0.2, 0.25) is 5.91 Å². The first kappa shape index (κ1) is 20.5. The van der Waals surface area contributed by atoms with Crippen molar-refractivity contribution >= 4 is 41.5 Å². The van der Waals surface area contributed by atoms with Gasteiger partial charge < -0.3 is 20.7 Å². The van der Waals surface area contributed by atoms with Gasteiger partial charge in [-0.05, 0) is 43.5 Å². The number of hydrogen-bond acceptors (Lipinski definition) is 3. The SMILES string of the molecule is COc1ccc(NC(N)=NCCCN2CCCCCC2=O)cc1.I. The fraction of sp³-hybridized carbons (Fsp3) is 0.529. The Labute approximate surface area is 160 Å². The molecule has 0 atom stereocenters. The highest BCUT2D eigenvalue weighted by Crippen LogP contribution is 2.14. The normalized spacial score (nSPS) is 15.5. The third-order valence-corrected chi connectivity index (χ3v) is 3.90. The molecule has 1 aromatic rings. The highest BCUT2D eigenvalue weighted by atomic mass is 127. The van der Waals surface area contributed by atoms with Gasteiger partial charge in [-0.15, -0.1) is 24.0 Å². The Morgan fingerprint density at radius 2 is 2.04 bits per heavy atom. The molecule has 0 aliphatic carbocycles. The number of nitrogens with zero attached hydrogens (tertiary/aromatic N) is 2. The Morgan fingerprint density at radius 3 is 2.75 bits per heavy atom. The lowest BCUT2D eigenvalue weighted by molar-refractivity contribution is -0.130. The van der Waals surface area contributed by atoms with E-state index in [4.69, 9.17) is 10.5 Å². The van der Waals surface area contributed by atoms with E-state index in [0.29, 0.717) is 18.9 Å². The fourth-order valence-corrected chi connectivity index (χ4v) is 2.60. The molecule has 0 spiro atoms. The van der Waals surface area contributed by atoms with Crippen LogP contribution in [0.15, 0.2) is 29.3 Å². The van der Waals surface area contributed by atoms with Crippen molar-refractivity contribution in [3.8, 4) is 5.75 Å². The number of guanidine groups is 1. The third kappa shape index (κ3) is 6.94. The zero-order chi connectivity index (χ0) is 16.5. The van der Waals surface area contributed by atoms with Gasteiger partial charge in [0.1, 0.15) is 5.75 Å². The molecule has 1 heterocycles. The molecule has 1 aliphatic rings.